The number of nitrogens with zero attached hydrogens (tertiary/aromatic N) is 1. The number of para-hydroxylation sites is 1. The molecule has 0 aliphatic carbocycles. The summed E-state index contributed by atoms with van der Waals surface area (Å²) in [5.74, 6) is -3.87. The topological polar surface area (TPSA) is 202 Å². The summed E-state index contributed by atoms with van der Waals surface area (Å²) >= 11 is 0. The van der Waals surface area contributed by atoms with Crippen LogP contribution in [0.1, 0.15) is 28.9 Å². The summed E-state index contributed by atoms with van der Waals surface area (Å²) in [5, 5.41) is 20.7. The standard InChI is InChI=1S/C23H29N7O2.C2HF3O2/c24-17-9-7-15(8-10-17)11-13-30-19-6-2-1-4-16(19)14-20(30)22(32)29-18(21(25)31)5-3-12-28-23(26)27;3-2(4,5)1(6)7/h1-2,4,6-10,14,18H,3,5,11-13,24H2,(H2,25,31)(H,29,32)(H4,26,27,28);(H,6,7). The second-order valence-electron chi connectivity index (χ2n) is 8.45. The lowest BCUT2D eigenvalue weighted by atomic mass is 10.1. The minimum atomic E-state index is -5.08. The number of hydrogen-bond acceptors (Lipinski definition) is 5. The Morgan fingerprint density at radius 1 is 1.05 bits per heavy atom. The van der Waals surface area contributed by atoms with Crippen molar-refractivity contribution in [3.05, 3.63) is 65.9 Å². The number of carboxylic acids is 1. The van der Waals surface area contributed by atoms with Crippen LogP contribution in [-0.4, -0.2) is 52.2 Å². The average molecular weight is 550 g/mol. The maximum atomic E-state index is 13.1. The van der Waals surface area contributed by atoms with Gasteiger partial charge in [0.25, 0.3) is 5.91 Å². The largest absolute Gasteiger partial charge is 0.490 e. The summed E-state index contributed by atoms with van der Waals surface area (Å²) in [4.78, 5) is 33.9. The van der Waals surface area contributed by atoms with E-state index in [0.717, 1.165) is 22.9 Å². The van der Waals surface area contributed by atoms with E-state index < -0.39 is 24.1 Å². The van der Waals surface area contributed by atoms with Crippen molar-refractivity contribution < 1.29 is 32.7 Å². The fraction of sp³-hybridized carbons (Fsp3) is 0.280. The molecule has 1 atom stereocenters. The van der Waals surface area contributed by atoms with Crippen molar-refractivity contribution in [3.8, 4) is 0 Å². The minimum absolute atomic E-state index is 0.143. The van der Waals surface area contributed by atoms with Gasteiger partial charge in [0.2, 0.25) is 5.91 Å². The van der Waals surface area contributed by atoms with Gasteiger partial charge in [0.1, 0.15) is 11.7 Å². The number of carbonyl (C=O) groups is 3. The van der Waals surface area contributed by atoms with Gasteiger partial charge in [-0.25, -0.2) is 4.79 Å². The first-order valence-electron chi connectivity index (χ1n) is 11.7. The number of carboxylic acid groups (broad SMARTS) is 1. The summed E-state index contributed by atoms with van der Waals surface area (Å²) in [5.41, 5.74) is 19.8. The number of hydrogen-bond donors (Lipinski definition) is 7. The van der Waals surface area contributed by atoms with E-state index in [9.17, 15) is 22.8 Å². The fourth-order valence-electron chi connectivity index (χ4n) is 3.61. The third-order valence-corrected chi connectivity index (χ3v) is 5.52. The van der Waals surface area contributed by atoms with E-state index >= 15 is 0 Å². The molecular formula is C25H30F3N7O4. The summed E-state index contributed by atoms with van der Waals surface area (Å²) in [6, 6.07) is 16.4. The highest BCUT2D eigenvalue weighted by atomic mass is 19.4. The summed E-state index contributed by atoms with van der Waals surface area (Å²) in [6.07, 6.45) is -3.50. The number of aromatic nitrogens is 1. The van der Waals surface area contributed by atoms with Gasteiger partial charge in [-0.1, -0.05) is 30.3 Å². The molecule has 1 heterocycles. The Balaban J connectivity index is 0.000000673. The van der Waals surface area contributed by atoms with Crippen LogP contribution in [0.15, 0.2) is 54.6 Å². The molecule has 14 heteroatoms. The molecular weight excluding hydrogens is 519 g/mol. The molecule has 0 fully saturated rings. The van der Waals surface area contributed by atoms with Crippen LogP contribution >= 0.6 is 0 Å². The third-order valence-electron chi connectivity index (χ3n) is 5.52. The normalized spacial score (nSPS) is 11.7. The number of fused-ring (bicyclic) bond motifs is 1. The first-order chi connectivity index (χ1) is 18.3. The monoisotopic (exact) mass is 549 g/mol. The van der Waals surface area contributed by atoms with Gasteiger partial charge in [0.15, 0.2) is 5.96 Å². The maximum Gasteiger partial charge on any atom is 0.490 e. The van der Waals surface area contributed by atoms with E-state index in [1.807, 2.05) is 59.2 Å². The third kappa shape index (κ3) is 9.57. The highest BCUT2D eigenvalue weighted by Crippen LogP contribution is 2.21. The van der Waals surface area contributed by atoms with Gasteiger partial charge in [0, 0.05) is 29.7 Å². The van der Waals surface area contributed by atoms with E-state index in [1.165, 1.54) is 0 Å². The highest BCUT2D eigenvalue weighted by molar-refractivity contribution is 6.00. The molecule has 10 N–H and O–H groups in total. The van der Waals surface area contributed by atoms with E-state index in [2.05, 4.69) is 10.6 Å². The van der Waals surface area contributed by atoms with Crippen molar-refractivity contribution >= 4 is 40.3 Å². The SMILES string of the molecule is N=C(N)NCCCC(NC(=O)c1cc2ccccc2n1CCc1ccc(N)cc1)C(N)=O.O=C(O)C(F)(F)F. The van der Waals surface area contributed by atoms with Crippen LogP contribution in [0.2, 0.25) is 0 Å². The zero-order valence-electron chi connectivity index (χ0n) is 20.8. The maximum absolute atomic E-state index is 13.1. The molecule has 0 aliphatic rings. The van der Waals surface area contributed by atoms with Crippen molar-refractivity contribution in [2.75, 3.05) is 12.3 Å². The van der Waals surface area contributed by atoms with Gasteiger partial charge >= 0.3 is 12.1 Å². The molecule has 1 aromatic heterocycles. The van der Waals surface area contributed by atoms with Crippen LogP contribution in [-0.2, 0) is 22.6 Å². The van der Waals surface area contributed by atoms with Gasteiger partial charge in [-0.05, 0) is 49.1 Å². The predicted molar refractivity (Wildman–Crippen MR) is 140 cm³/mol. The van der Waals surface area contributed by atoms with Gasteiger partial charge in [-0.3, -0.25) is 15.0 Å². The van der Waals surface area contributed by atoms with Crippen molar-refractivity contribution in [2.24, 2.45) is 11.5 Å². The number of benzene rings is 2. The Bertz CT molecular complexity index is 1310. The molecule has 1 unspecified atom stereocenters. The molecule has 0 saturated heterocycles. The number of nitrogens with one attached hydrogen (secondary N) is 3. The van der Waals surface area contributed by atoms with Gasteiger partial charge in [0.05, 0.1) is 0 Å². The van der Waals surface area contributed by atoms with Crippen molar-refractivity contribution in [2.45, 2.75) is 38.0 Å². The molecule has 0 bridgehead atoms. The van der Waals surface area contributed by atoms with Gasteiger partial charge < -0.3 is 37.5 Å². The molecule has 0 saturated carbocycles. The Kier molecular flexibility index (Phi) is 10.7. The van der Waals surface area contributed by atoms with Crippen molar-refractivity contribution in [1.29, 1.82) is 5.41 Å². The Hall–Kier alpha value is -4.75. The molecule has 0 aliphatic heterocycles. The number of nitrogens with two attached hydrogens (primary N) is 3. The van der Waals surface area contributed by atoms with Crippen LogP contribution in [0.5, 0.6) is 0 Å². The minimum Gasteiger partial charge on any atom is -0.475 e. The first kappa shape index (κ1) is 30.5. The number of nitrogen functional groups attached to an aromatic ring is 1. The Morgan fingerprint density at radius 2 is 1.67 bits per heavy atom. The molecule has 210 valence electrons. The van der Waals surface area contributed by atoms with E-state index in [4.69, 9.17) is 32.5 Å². The number of alkyl halides is 3. The number of guanidine groups is 1. The molecule has 0 radical (unpaired) electrons. The lowest BCUT2D eigenvalue weighted by Gasteiger charge is -2.17. The van der Waals surface area contributed by atoms with E-state index in [-0.39, 0.29) is 11.9 Å². The molecule has 11 nitrogen and oxygen atoms in total. The molecule has 3 rings (SSSR count). The lowest BCUT2D eigenvalue weighted by molar-refractivity contribution is -0.192. The predicted octanol–water partition coefficient (Wildman–Crippen LogP) is 1.95. The van der Waals surface area contributed by atoms with Crippen molar-refractivity contribution in [1.82, 2.24) is 15.2 Å². The second kappa shape index (κ2) is 13.7. The number of rotatable bonds is 10. The molecule has 2 aromatic carbocycles. The smallest absolute Gasteiger partial charge is 0.475 e. The molecule has 39 heavy (non-hydrogen) atoms. The fourth-order valence-corrected chi connectivity index (χ4v) is 3.61. The van der Waals surface area contributed by atoms with Gasteiger partial charge in [-0.2, -0.15) is 13.2 Å². The zero-order valence-corrected chi connectivity index (χ0v) is 20.8. The number of aryl methyl sites for hydroxylation is 2. The first-order valence-corrected chi connectivity index (χ1v) is 11.7. The lowest BCUT2D eigenvalue weighted by Crippen LogP contribution is -2.45. The van der Waals surface area contributed by atoms with Crippen LogP contribution in [0.25, 0.3) is 10.9 Å². The number of halogens is 3. The van der Waals surface area contributed by atoms with E-state index in [0.29, 0.717) is 37.3 Å². The molecule has 0 spiro atoms. The number of carbonyl (C=O) groups excluding carboxylic acids is 2. The van der Waals surface area contributed by atoms with Crippen LogP contribution in [0, 0.1) is 5.41 Å². The average Bonchev–Trinajstić information content (AvgIpc) is 3.23. The number of anilines is 1. The van der Waals surface area contributed by atoms with E-state index in [1.54, 1.807) is 0 Å². The second-order valence-corrected chi connectivity index (χ2v) is 8.45. The number of aliphatic carboxylic acids is 1. The van der Waals surface area contributed by atoms with Gasteiger partial charge in [-0.15, -0.1) is 0 Å². The number of primary amides is 1. The quantitative estimate of drug-likeness (QED) is 0.0866. The van der Waals surface area contributed by atoms with Crippen LogP contribution in [0.4, 0.5) is 18.9 Å². The summed E-state index contributed by atoms with van der Waals surface area (Å²) in [6.45, 7) is 1.00. The Morgan fingerprint density at radius 3 is 2.23 bits per heavy atom. The van der Waals surface area contributed by atoms with Crippen LogP contribution in [0.3, 0.4) is 0 Å². The summed E-state index contributed by atoms with van der Waals surface area (Å²) < 4.78 is 33.7. The van der Waals surface area contributed by atoms with Crippen molar-refractivity contribution in [3.63, 3.8) is 0 Å². The molecule has 2 amide bonds. The van der Waals surface area contributed by atoms with Crippen LogP contribution < -0.4 is 27.8 Å². The summed E-state index contributed by atoms with van der Waals surface area (Å²) in [7, 11) is 0. The number of amides is 2. The zero-order chi connectivity index (χ0) is 29.2. The Labute approximate surface area is 221 Å². The highest BCUT2D eigenvalue weighted by Gasteiger charge is 2.38. The molecule has 3 aromatic rings.